The molecule has 0 bridgehead atoms. The molecule has 0 amide bonds. The molecule has 0 radical (unpaired) electrons. The average molecular weight is 156 g/mol. The first-order valence-corrected chi connectivity index (χ1v) is 4.05. The normalized spacial score (nSPS) is 9.55. The van der Waals surface area contributed by atoms with E-state index in [0.717, 1.165) is 18.4 Å². The summed E-state index contributed by atoms with van der Waals surface area (Å²) in [7, 11) is 0. The van der Waals surface area contributed by atoms with E-state index in [1.807, 2.05) is 0 Å². The van der Waals surface area contributed by atoms with Crippen molar-refractivity contribution in [2.45, 2.75) is 39.0 Å². The molecule has 0 saturated carbocycles. The van der Waals surface area contributed by atoms with Gasteiger partial charge in [-0.15, -0.1) is 0 Å². The number of carboxylic acid groups (broad SMARTS) is 1. The molecule has 2 heteroatoms. The molecule has 0 aliphatic carbocycles. The number of aliphatic carboxylic acids is 1. The quantitative estimate of drug-likeness (QED) is 0.474. The molecule has 2 nitrogen and oxygen atoms in total. The van der Waals surface area contributed by atoms with E-state index in [-0.39, 0.29) is 6.42 Å². The second-order valence-electron chi connectivity index (χ2n) is 2.78. The Hall–Kier alpha value is -0.790. The summed E-state index contributed by atoms with van der Waals surface area (Å²) in [6, 6.07) is 0. The number of unbranched alkanes of at least 4 members (excludes halogenated alkanes) is 2. The van der Waals surface area contributed by atoms with E-state index in [4.69, 9.17) is 5.11 Å². The van der Waals surface area contributed by atoms with Gasteiger partial charge < -0.3 is 5.11 Å². The molecule has 0 unspecified atom stereocenters. The second kappa shape index (κ2) is 5.96. The lowest BCUT2D eigenvalue weighted by Gasteiger charge is -2.00. The third kappa shape index (κ3) is 7.10. The molecule has 0 atom stereocenters. The van der Waals surface area contributed by atoms with Crippen LogP contribution >= 0.6 is 0 Å². The van der Waals surface area contributed by atoms with Crippen LogP contribution in [0.3, 0.4) is 0 Å². The molecule has 0 saturated heterocycles. The van der Waals surface area contributed by atoms with Crippen molar-refractivity contribution in [3.63, 3.8) is 0 Å². The molecule has 0 aliphatic rings. The Morgan fingerprint density at radius 2 is 2.09 bits per heavy atom. The Labute approximate surface area is 67.9 Å². The highest BCUT2D eigenvalue weighted by Gasteiger charge is 1.99. The SMILES string of the molecule is C=C(CCCCC)CC(=O)O. The molecular formula is C9H16O2. The molecule has 0 rings (SSSR count). The van der Waals surface area contributed by atoms with Crippen LogP contribution in [0.2, 0.25) is 0 Å². The van der Waals surface area contributed by atoms with Gasteiger partial charge in [-0.1, -0.05) is 31.9 Å². The van der Waals surface area contributed by atoms with Gasteiger partial charge in [-0.25, -0.2) is 0 Å². The zero-order chi connectivity index (χ0) is 8.69. The summed E-state index contributed by atoms with van der Waals surface area (Å²) in [5.74, 6) is -0.772. The molecule has 0 spiro atoms. The Morgan fingerprint density at radius 1 is 1.45 bits per heavy atom. The standard InChI is InChI=1S/C9H16O2/c1-3-4-5-6-8(2)7-9(10)11/h2-7H2,1H3,(H,10,11). The van der Waals surface area contributed by atoms with Gasteiger partial charge in [0.15, 0.2) is 0 Å². The molecular weight excluding hydrogens is 140 g/mol. The Balaban J connectivity index is 3.30. The van der Waals surface area contributed by atoms with Crippen molar-refractivity contribution in [2.75, 3.05) is 0 Å². The summed E-state index contributed by atoms with van der Waals surface area (Å²) >= 11 is 0. The van der Waals surface area contributed by atoms with E-state index in [2.05, 4.69) is 13.5 Å². The van der Waals surface area contributed by atoms with Gasteiger partial charge in [0.05, 0.1) is 6.42 Å². The fourth-order valence-corrected chi connectivity index (χ4v) is 0.927. The van der Waals surface area contributed by atoms with Crippen molar-refractivity contribution in [2.24, 2.45) is 0 Å². The highest BCUT2D eigenvalue weighted by Crippen LogP contribution is 2.09. The van der Waals surface area contributed by atoms with Gasteiger partial charge in [0.1, 0.15) is 0 Å². The lowest BCUT2D eigenvalue weighted by Crippen LogP contribution is -1.96. The van der Waals surface area contributed by atoms with Gasteiger partial charge in [-0.3, -0.25) is 4.79 Å². The van der Waals surface area contributed by atoms with Crippen LogP contribution in [0.4, 0.5) is 0 Å². The molecule has 64 valence electrons. The van der Waals surface area contributed by atoms with Crippen molar-refractivity contribution in [3.05, 3.63) is 12.2 Å². The number of carbonyl (C=O) groups is 1. The molecule has 0 aromatic heterocycles. The van der Waals surface area contributed by atoms with Crippen molar-refractivity contribution in [1.82, 2.24) is 0 Å². The van der Waals surface area contributed by atoms with Crippen LogP contribution in [-0.4, -0.2) is 11.1 Å². The minimum absolute atomic E-state index is 0.129. The van der Waals surface area contributed by atoms with Gasteiger partial charge >= 0.3 is 5.97 Å². The van der Waals surface area contributed by atoms with Crippen LogP contribution in [-0.2, 0) is 4.79 Å². The topological polar surface area (TPSA) is 37.3 Å². The predicted molar refractivity (Wildman–Crippen MR) is 45.5 cm³/mol. The van der Waals surface area contributed by atoms with Crippen molar-refractivity contribution in [3.8, 4) is 0 Å². The summed E-state index contributed by atoms with van der Waals surface area (Å²) in [5, 5.41) is 8.38. The zero-order valence-electron chi connectivity index (χ0n) is 7.10. The molecule has 1 N–H and O–H groups in total. The minimum Gasteiger partial charge on any atom is -0.481 e. The monoisotopic (exact) mass is 156 g/mol. The maximum atomic E-state index is 10.2. The molecule has 0 aliphatic heterocycles. The first kappa shape index (κ1) is 10.2. The third-order valence-electron chi connectivity index (χ3n) is 1.54. The van der Waals surface area contributed by atoms with Gasteiger partial charge in [0.25, 0.3) is 0 Å². The van der Waals surface area contributed by atoms with Crippen molar-refractivity contribution in [1.29, 1.82) is 0 Å². The maximum Gasteiger partial charge on any atom is 0.307 e. The van der Waals surface area contributed by atoms with E-state index < -0.39 is 5.97 Å². The first-order valence-electron chi connectivity index (χ1n) is 4.05. The van der Waals surface area contributed by atoms with E-state index in [1.165, 1.54) is 12.8 Å². The summed E-state index contributed by atoms with van der Waals surface area (Å²) < 4.78 is 0. The predicted octanol–water partition coefficient (Wildman–Crippen LogP) is 2.60. The van der Waals surface area contributed by atoms with E-state index >= 15 is 0 Å². The molecule has 0 aromatic carbocycles. The zero-order valence-corrected chi connectivity index (χ0v) is 7.10. The average Bonchev–Trinajstić information content (AvgIpc) is 1.86. The van der Waals surface area contributed by atoms with Gasteiger partial charge in [0.2, 0.25) is 0 Å². The lowest BCUT2D eigenvalue weighted by atomic mass is 10.1. The van der Waals surface area contributed by atoms with Gasteiger partial charge in [0, 0.05) is 0 Å². The summed E-state index contributed by atoms with van der Waals surface area (Å²) in [6.45, 7) is 5.81. The van der Waals surface area contributed by atoms with Crippen LogP contribution in [0.25, 0.3) is 0 Å². The lowest BCUT2D eigenvalue weighted by molar-refractivity contribution is -0.136. The fraction of sp³-hybridized carbons (Fsp3) is 0.667. The Kier molecular flexibility index (Phi) is 5.53. The third-order valence-corrected chi connectivity index (χ3v) is 1.54. The molecule has 0 heterocycles. The molecule has 0 aromatic rings. The Morgan fingerprint density at radius 3 is 2.55 bits per heavy atom. The van der Waals surface area contributed by atoms with Crippen molar-refractivity contribution < 1.29 is 9.90 Å². The smallest absolute Gasteiger partial charge is 0.307 e. The first-order chi connectivity index (χ1) is 5.16. The van der Waals surface area contributed by atoms with Crippen LogP contribution in [0.15, 0.2) is 12.2 Å². The molecule has 0 fully saturated rings. The number of carboxylic acids is 1. The Bertz CT molecular complexity index is 138. The number of rotatable bonds is 6. The number of hydrogen-bond donors (Lipinski definition) is 1. The van der Waals surface area contributed by atoms with E-state index in [9.17, 15) is 4.79 Å². The highest BCUT2D eigenvalue weighted by atomic mass is 16.4. The minimum atomic E-state index is -0.772. The van der Waals surface area contributed by atoms with E-state index in [1.54, 1.807) is 0 Å². The summed E-state index contributed by atoms with van der Waals surface area (Å²) in [6.07, 6.45) is 4.39. The van der Waals surface area contributed by atoms with Crippen molar-refractivity contribution >= 4 is 5.97 Å². The summed E-state index contributed by atoms with van der Waals surface area (Å²) in [5.41, 5.74) is 0.839. The van der Waals surface area contributed by atoms with Gasteiger partial charge in [-0.05, 0) is 12.8 Å². The maximum absolute atomic E-state index is 10.2. The number of hydrogen-bond acceptors (Lipinski definition) is 1. The van der Waals surface area contributed by atoms with Crippen LogP contribution in [0.1, 0.15) is 39.0 Å². The van der Waals surface area contributed by atoms with Crippen LogP contribution in [0.5, 0.6) is 0 Å². The van der Waals surface area contributed by atoms with E-state index in [0.29, 0.717) is 0 Å². The largest absolute Gasteiger partial charge is 0.481 e. The van der Waals surface area contributed by atoms with Crippen LogP contribution < -0.4 is 0 Å². The van der Waals surface area contributed by atoms with Gasteiger partial charge in [-0.2, -0.15) is 0 Å². The van der Waals surface area contributed by atoms with Crippen LogP contribution in [0, 0.1) is 0 Å². The second-order valence-corrected chi connectivity index (χ2v) is 2.78. The summed E-state index contributed by atoms with van der Waals surface area (Å²) in [4.78, 5) is 10.2. The molecule has 11 heavy (non-hydrogen) atoms. The fourth-order valence-electron chi connectivity index (χ4n) is 0.927. The highest BCUT2D eigenvalue weighted by molar-refractivity contribution is 5.69.